The molecule has 3 heteroatoms. The van der Waals surface area contributed by atoms with Gasteiger partial charge in [0, 0.05) is 0 Å². The van der Waals surface area contributed by atoms with Gasteiger partial charge in [-0.1, -0.05) is 6.92 Å². The maximum atomic E-state index is 10.5. The molecule has 2 N–H and O–H groups in total. The van der Waals surface area contributed by atoms with Crippen LogP contribution in [0.4, 0.5) is 0 Å². The molecule has 0 fully saturated rings. The predicted molar refractivity (Wildman–Crippen MR) is 33.0 cm³/mol. The largest absolute Gasteiger partial charge is 0.393 e. The second-order valence-corrected chi connectivity index (χ2v) is 2.10. The van der Waals surface area contributed by atoms with Gasteiger partial charge in [-0.05, 0) is 13.3 Å². The third-order valence-electron chi connectivity index (χ3n) is 1.50. The number of aliphatic hydroxyl groups is 2. The van der Waals surface area contributed by atoms with Crippen LogP contribution in [0.5, 0.6) is 0 Å². The molecule has 0 saturated carbocycles. The third kappa shape index (κ3) is 1.77. The van der Waals surface area contributed by atoms with Crippen molar-refractivity contribution in [1.82, 2.24) is 0 Å². The summed E-state index contributed by atoms with van der Waals surface area (Å²) in [4.78, 5) is 10.5. The Hall–Kier alpha value is -0.410. The molecule has 0 heterocycles. The van der Waals surface area contributed by atoms with E-state index < -0.39 is 12.2 Å². The van der Waals surface area contributed by atoms with Gasteiger partial charge in [-0.2, -0.15) is 0 Å². The normalized spacial score (nSPS) is 16.9. The predicted octanol–water partition coefficient (Wildman–Crippen LogP) is -0.291. The van der Waals surface area contributed by atoms with E-state index in [0.29, 0.717) is 0 Å². The highest BCUT2D eigenvalue weighted by atomic mass is 16.3. The summed E-state index contributed by atoms with van der Waals surface area (Å²) >= 11 is 0. The molecule has 3 nitrogen and oxygen atoms in total. The highest BCUT2D eigenvalue weighted by Crippen LogP contribution is 2.08. The van der Waals surface area contributed by atoms with Crippen LogP contribution < -0.4 is 0 Å². The van der Waals surface area contributed by atoms with Gasteiger partial charge in [-0.3, -0.25) is 4.79 Å². The third-order valence-corrected chi connectivity index (χ3v) is 1.50. The molecule has 0 aliphatic rings. The van der Waals surface area contributed by atoms with E-state index in [1.807, 2.05) is 0 Å². The highest BCUT2D eigenvalue weighted by molar-refractivity contribution is 5.84. The number of carbonyl (C=O) groups excluding carboxylic acids is 1. The number of hydrogen-bond donors (Lipinski definition) is 2. The van der Waals surface area contributed by atoms with Crippen LogP contribution in [-0.4, -0.2) is 28.2 Å². The first-order chi connectivity index (χ1) is 4.06. The smallest absolute Gasteiger partial charge is 0.163 e. The van der Waals surface area contributed by atoms with E-state index in [-0.39, 0.29) is 12.2 Å². The van der Waals surface area contributed by atoms with Crippen LogP contribution in [0, 0.1) is 0 Å². The first-order valence-electron chi connectivity index (χ1n) is 2.91. The van der Waals surface area contributed by atoms with Crippen molar-refractivity contribution in [3.8, 4) is 0 Å². The molecule has 0 amide bonds. The molecule has 0 aliphatic heterocycles. The molecule has 0 saturated heterocycles. The van der Waals surface area contributed by atoms with E-state index in [1.165, 1.54) is 6.92 Å². The molecule has 9 heavy (non-hydrogen) atoms. The number of rotatable bonds is 3. The van der Waals surface area contributed by atoms with Crippen LogP contribution in [-0.2, 0) is 4.79 Å². The summed E-state index contributed by atoms with van der Waals surface area (Å²) < 4.78 is 0. The fourth-order valence-corrected chi connectivity index (χ4v) is 0.472. The Kier molecular flexibility index (Phi) is 2.81. The van der Waals surface area contributed by atoms with Crippen molar-refractivity contribution in [3.05, 3.63) is 0 Å². The van der Waals surface area contributed by atoms with Gasteiger partial charge in [-0.15, -0.1) is 0 Å². The van der Waals surface area contributed by atoms with E-state index in [4.69, 9.17) is 10.2 Å². The molecule has 0 rings (SSSR count). The van der Waals surface area contributed by atoms with Crippen molar-refractivity contribution in [1.29, 1.82) is 0 Å². The van der Waals surface area contributed by atoms with Crippen LogP contribution in [0.3, 0.4) is 0 Å². The Morgan fingerprint density at radius 2 is 2.11 bits per heavy atom. The number of hydrogen-bond acceptors (Lipinski definition) is 3. The van der Waals surface area contributed by atoms with E-state index >= 15 is 0 Å². The van der Waals surface area contributed by atoms with E-state index in [9.17, 15) is 4.79 Å². The van der Waals surface area contributed by atoms with Crippen molar-refractivity contribution in [3.63, 3.8) is 0 Å². The lowest BCUT2D eigenvalue weighted by Crippen LogP contribution is -2.39. The van der Waals surface area contributed by atoms with Gasteiger partial charge in [0.1, 0.15) is 5.60 Å². The zero-order valence-corrected chi connectivity index (χ0v) is 5.72. The fraction of sp³-hybridized carbons (Fsp3) is 0.833. The SMILES string of the molecule is CCC(O)(CO)C(C)=O. The average molecular weight is 132 g/mol. The standard InChI is InChI=1S/C6H12O3/c1-3-6(9,4-7)5(2)8/h7,9H,3-4H2,1-2H3. The topological polar surface area (TPSA) is 57.5 Å². The summed E-state index contributed by atoms with van der Waals surface area (Å²) in [6, 6.07) is 0. The Bertz CT molecular complexity index is 105. The summed E-state index contributed by atoms with van der Waals surface area (Å²) in [7, 11) is 0. The highest BCUT2D eigenvalue weighted by Gasteiger charge is 2.28. The molecule has 0 aromatic carbocycles. The van der Waals surface area contributed by atoms with Gasteiger partial charge in [0.05, 0.1) is 6.61 Å². The lowest BCUT2D eigenvalue weighted by molar-refractivity contribution is -0.139. The molecule has 1 unspecified atom stereocenters. The molecular formula is C6H12O3. The Morgan fingerprint density at radius 1 is 1.67 bits per heavy atom. The summed E-state index contributed by atoms with van der Waals surface area (Å²) in [6.45, 7) is 2.43. The molecule has 0 bridgehead atoms. The quantitative estimate of drug-likeness (QED) is 0.554. The average Bonchev–Trinajstić information content (AvgIpc) is 1.86. The zero-order chi connectivity index (χ0) is 7.49. The second kappa shape index (κ2) is 2.94. The lowest BCUT2D eigenvalue weighted by Gasteiger charge is -2.19. The van der Waals surface area contributed by atoms with Crippen LogP contribution in [0.2, 0.25) is 0 Å². The molecule has 0 aromatic heterocycles. The number of aliphatic hydroxyl groups excluding tert-OH is 1. The first kappa shape index (κ1) is 8.59. The van der Waals surface area contributed by atoms with Gasteiger partial charge in [-0.25, -0.2) is 0 Å². The summed E-state index contributed by atoms with van der Waals surface area (Å²) in [5.41, 5.74) is -1.50. The summed E-state index contributed by atoms with van der Waals surface area (Å²) in [6.07, 6.45) is 0.263. The van der Waals surface area contributed by atoms with Gasteiger partial charge < -0.3 is 10.2 Å². The van der Waals surface area contributed by atoms with Crippen molar-refractivity contribution >= 4 is 5.78 Å². The van der Waals surface area contributed by atoms with Crippen molar-refractivity contribution in [2.24, 2.45) is 0 Å². The Morgan fingerprint density at radius 3 is 2.11 bits per heavy atom. The van der Waals surface area contributed by atoms with Gasteiger partial charge >= 0.3 is 0 Å². The molecule has 1 atom stereocenters. The summed E-state index contributed by atoms with van der Waals surface area (Å²) in [5.74, 6) is -0.382. The van der Waals surface area contributed by atoms with Gasteiger partial charge in [0.2, 0.25) is 0 Å². The van der Waals surface area contributed by atoms with Gasteiger partial charge in [0.15, 0.2) is 5.78 Å². The minimum absolute atomic E-state index is 0.263. The molecule has 0 aliphatic carbocycles. The van der Waals surface area contributed by atoms with Crippen molar-refractivity contribution in [2.45, 2.75) is 25.9 Å². The molecular weight excluding hydrogens is 120 g/mol. The zero-order valence-electron chi connectivity index (χ0n) is 5.72. The molecule has 0 radical (unpaired) electrons. The fourth-order valence-electron chi connectivity index (χ4n) is 0.472. The second-order valence-electron chi connectivity index (χ2n) is 2.10. The lowest BCUT2D eigenvalue weighted by atomic mass is 9.98. The Labute approximate surface area is 54.3 Å². The number of carbonyl (C=O) groups is 1. The minimum Gasteiger partial charge on any atom is -0.393 e. The summed E-state index contributed by atoms with van der Waals surface area (Å²) in [5, 5.41) is 17.6. The van der Waals surface area contributed by atoms with Crippen LogP contribution in [0.25, 0.3) is 0 Å². The van der Waals surface area contributed by atoms with E-state index in [1.54, 1.807) is 6.92 Å². The van der Waals surface area contributed by atoms with Crippen molar-refractivity contribution < 1.29 is 15.0 Å². The minimum atomic E-state index is -1.50. The maximum Gasteiger partial charge on any atom is 0.163 e. The van der Waals surface area contributed by atoms with Crippen LogP contribution in [0.1, 0.15) is 20.3 Å². The number of Topliss-reactive ketones (excluding diaryl/α,β-unsaturated/α-hetero) is 1. The van der Waals surface area contributed by atoms with Crippen LogP contribution >= 0.6 is 0 Å². The van der Waals surface area contributed by atoms with Crippen molar-refractivity contribution in [2.75, 3.05) is 6.61 Å². The first-order valence-corrected chi connectivity index (χ1v) is 2.91. The number of ketones is 1. The van der Waals surface area contributed by atoms with Crippen LogP contribution in [0.15, 0.2) is 0 Å². The van der Waals surface area contributed by atoms with E-state index in [0.717, 1.165) is 0 Å². The molecule has 0 aromatic rings. The maximum absolute atomic E-state index is 10.5. The molecule has 54 valence electrons. The Balaban J connectivity index is 4.09. The molecule has 0 spiro atoms. The monoisotopic (exact) mass is 132 g/mol. The van der Waals surface area contributed by atoms with Gasteiger partial charge in [0.25, 0.3) is 0 Å². The van der Waals surface area contributed by atoms with E-state index in [2.05, 4.69) is 0 Å².